The first-order valence-corrected chi connectivity index (χ1v) is 13.6. The first-order chi connectivity index (χ1) is 17.4. The van der Waals surface area contributed by atoms with Gasteiger partial charge in [-0.1, -0.05) is 50.4 Å². The Balaban J connectivity index is 1.24. The summed E-state index contributed by atoms with van der Waals surface area (Å²) in [5, 5.41) is 26.3. The van der Waals surface area contributed by atoms with Gasteiger partial charge in [0.15, 0.2) is 9.47 Å². The third-order valence-corrected chi connectivity index (χ3v) is 8.26. The summed E-state index contributed by atoms with van der Waals surface area (Å²) >= 11 is 6.99. The van der Waals surface area contributed by atoms with E-state index in [1.807, 2.05) is 0 Å². The quantitative estimate of drug-likeness (QED) is 0.259. The van der Waals surface area contributed by atoms with Gasteiger partial charge in [-0.05, 0) is 42.5 Å². The van der Waals surface area contributed by atoms with E-state index in [1.165, 1.54) is 23.1 Å². The second-order valence-corrected chi connectivity index (χ2v) is 11.3. The third-order valence-electron chi connectivity index (χ3n) is 4.82. The molecule has 0 atom stereocenters. The second kappa shape index (κ2) is 10.3. The van der Waals surface area contributed by atoms with Gasteiger partial charge in [-0.3, -0.25) is 9.59 Å². The van der Waals surface area contributed by atoms with Crippen molar-refractivity contribution in [3.8, 4) is 11.6 Å². The van der Waals surface area contributed by atoms with Crippen LogP contribution in [0.4, 0.5) is 16.0 Å². The molecule has 2 aromatic carbocycles. The maximum atomic E-state index is 12.5. The lowest BCUT2D eigenvalue weighted by molar-refractivity contribution is -0.114. The van der Waals surface area contributed by atoms with Gasteiger partial charge >= 0.3 is 0 Å². The molecule has 0 radical (unpaired) electrons. The highest BCUT2D eigenvalue weighted by atomic mass is 79.9. The molecule has 0 saturated heterocycles. The van der Waals surface area contributed by atoms with Crippen LogP contribution in [0.2, 0.25) is 0 Å². The molecule has 36 heavy (non-hydrogen) atoms. The van der Waals surface area contributed by atoms with Gasteiger partial charge in [0, 0.05) is 15.4 Å². The van der Waals surface area contributed by atoms with Crippen molar-refractivity contribution in [3.05, 3.63) is 62.4 Å². The Morgan fingerprint density at radius 1 is 1.14 bits per heavy atom. The number of halogens is 1. The van der Waals surface area contributed by atoms with Crippen LogP contribution in [0.25, 0.3) is 5.57 Å². The fourth-order valence-corrected chi connectivity index (χ4v) is 6.13. The number of hydrogen-bond donors (Lipinski definition) is 3. The van der Waals surface area contributed by atoms with Crippen molar-refractivity contribution in [2.45, 2.75) is 4.34 Å². The highest BCUT2D eigenvalue weighted by molar-refractivity contribution is 9.10. The molecular formula is C22H15BrN6O4S3. The third kappa shape index (κ3) is 5.26. The minimum atomic E-state index is -0.434. The fourth-order valence-electron chi connectivity index (χ4n) is 3.24. The summed E-state index contributed by atoms with van der Waals surface area (Å²) < 4.78 is 6.48. The number of hydrogen-bond acceptors (Lipinski definition) is 11. The van der Waals surface area contributed by atoms with Crippen molar-refractivity contribution >= 4 is 83.7 Å². The maximum Gasteiger partial charge on any atom is 0.279 e. The van der Waals surface area contributed by atoms with E-state index >= 15 is 0 Å². The highest BCUT2D eigenvalue weighted by Crippen LogP contribution is 2.36. The first-order valence-electron chi connectivity index (χ1n) is 10.2. The fraction of sp³-hybridized carbons (Fsp3) is 0.0909. The SMILES string of the molecule is COc1ccc(NC(=O)CSc2nnc(Nc3nc(O)c(C4=c5cc(Br)ccc5=NC4=O)s3)s2)cc1. The molecule has 182 valence electrons. The standard InChI is InChI=1S/C22H15BrN6O4S3/c1-33-12-5-3-11(4-6-12)24-15(30)9-34-22-29-28-21(36-22)27-20-26-19(32)17(35-20)16-13-8-10(23)2-7-14(13)25-18(16)31/h2-8,32H,9H2,1H3,(H,24,30)(H,26,27,28). The summed E-state index contributed by atoms with van der Waals surface area (Å²) in [4.78, 5) is 33.2. The van der Waals surface area contributed by atoms with Crippen molar-refractivity contribution in [1.82, 2.24) is 15.2 Å². The van der Waals surface area contributed by atoms with Crippen LogP contribution < -0.4 is 25.9 Å². The Kier molecular flexibility index (Phi) is 7.00. The van der Waals surface area contributed by atoms with Crippen LogP contribution in [0, 0.1) is 0 Å². The van der Waals surface area contributed by atoms with E-state index in [1.54, 1.807) is 49.6 Å². The first kappa shape index (κ1) is 24.4. The largest absolute Gasteiger partial charge is 0.497 e. The smallest absolute Gasteiger partial charge is 0.279 e. The number of carbonyl (C=O) groups excluding carboxylic acids is 2. The van der Waals surface area contributed by atoms with Gasteiger partial charge in [0.2, 0.25) is 16.9 Å². The highest BCUT2D eigenvalue weighted by Gasteiger charge is 2.25. The Morgan fingerprint density at radius 3 is 2.72 bits per heavy atom. The monoisotopic (exact) mass is 602 g/mol. The van der Waals surface area contributed by atoms with E-state index in [9.17, 15) is 14.7 Å². The zero-order valence-corrected chi connectivity index (χ0v) is 22.3. The van der Waals surface area contributed by atoms with Crippen molar-refractivity contribution in [1.29, 1.82) is 0 Å². The number of thioether (sulfide) groups is 1. The van der Waals surface area contributed by atoms with E-state index in [0.29, 0.717) is 47.1 Å². The molecule has 0 saturated carbocycles. The average molecular weight is 604 g/mol. The van der Waals surface area contributed by atoms with Gasteiger partial charge < -0.3 is 20.5 Å². The molecule has 0 fully saturated rings. The minimum absolute atomic E-state index is 0.155. The number of methoxy groups -OCH3 is 1. The van der Waals surface area contributed by atoms with E-state index in [4.69, 9.17) is 4.74 Å². The number of nitrogens with zero attached hydrogens (tertiary/aromatic N) is 4. The number of aromatic hydroxyl groups is 1. The normalized spacial score (nSPS) is 12.3. The molecule has 2 aromatic heterocycles. The van der Waals surface area contributed by atoms with Gasteiger partial charge in [0.1, 0.15) is 10.6 Å². The summed E-state index contributed by atoms with van der Waals surface area (Å²) in [5.74, 6) is -0.0283. The van der Waals surface area contributed by atoms with Gasteiger partial charge in [0.05, 0.1) is 23.8 Å². The molecule has 0 bridgehead atoms. The number of fused-ring (bicyclic) bond motifs is 1. The van der Waals surface area contributed by atoms with Crippen molar-refractivity contribution in [2.24, 2.45) is 4.99 Å². The molecule has 3 heterocycles. The summed E-state index contributed by atoms with van der Waals surface area (Å²) in [7, 11) is 1.58. The summed E-state index contributed by atoms with van der Waals surface area (Å²) in [6, 6.07) is 12.4. The molecule has 5 rings (SSSR count). The molecule has 0 aliphatic carbocycles. The van der Waals surface area contributed by atoms with Crippen molar-refractivity contribution in [3.63, 3.8) is 0 Å². The molecule has 3 N–H and O–H groups in total. The molecule has 1 aliphatic heterocycles. The molecule has 10 nitrogen and oxygen atoms in total. The van der Waals surface area contributed by atoms with Gasteiger partial charge in [-0.2, -0.15) is 4.98 Å². The minimum Gasteiger partial charge on any atom is -0.497 e. The number of amides is 2. The lowest BCUT2D eigenvalue weighted by atomic mass is 10.1. The molecule has 0 spiro atoms. The van der Waals surface area contributed by atoms with E-state index in [-0.39, 0.29) is 17.5 Å². The number of carbonyl (C=O) groups is 2. The number of ether oxygens (including phenoxy) is 1. The molecule has 0 unspecified atom stereocenters. The van der Waals surface area contributed by atoms with Gasteiger partial charge in [-0.15, -0.1) is 10.2 Å². The number of rotatable bonds is 8. The summed E-state index contributed by atoms with van der Waals surface area (Å²) in [6.45, 7) is 0. The zero-order chi connectivity index (χ0) is 25.2. The topological polar surface area (TPSA) is 139 Å². The molecular weight excluding hydrogens is 588 g/mol. The molecule has 1 aliphatic rings. The van der Waals surface area contributed by atoms with Crippen LogP contribution in [-0.2, 0) is 9.59 Å². The average Bonchev–Trinajstić information content (AvgIpc) is 3.54. The van der Waals surface area contributed by atoms with Gasteiger partial charge in [-0.25, -0.2) is 4.99 Å². The zero-order valence-electron chi connectivity index (χ0n) is 18.3. The summed E-state index contributed by atoms with van der Waals surface area (Å²) in [5.41, 5.74) is 0.965. The van der Waals surface area contributed by atoms with E-state index < -0.39 is 5.91 Å². The van der Waals surface area contributed by atoms with Crippen LogP contribution in [0.3, 0.4) is 0 Å². The number of thiazole rings is 1. The predicted octanol–water partition coefficient (Wildman–Crippen LogP) is 3.30. The second-order valence-electron chi connectivity index (χ2n) is 7.19. The summed E-state index contributed by atoms with van der Waals surface area (Å²) in [6.07, 6.45) is 0. The number of benzene rings is 2. The number of nitrogens with one attached hydrogen (secondary N) is 2. The lowest BCUT2D eigenvalue weighted by Gasteiger charge is -2.05. The Hall–Kier alpha value is -3.33. The van der Waals surface area contributed by atoms with Crippen molar-refractivity contribution in [2.75, 3.05) is 23.5 Å². The Morgan fingerprint density at radius 2 is 1.94 bits per heavy atom. The van der Waals surface area contributed by atoms with E-state index in [0.717, 1.165) is 15.8 Å². The van der Waals surface area contributed by atoms with Crippen LogP contribution in [0.1, 0.15) is 4.88 Å². The van der Waals surface area contributed by atoms with Crippen LogP contribution in [-0.4, -0.2) is 45.0 Å². The number of aromatic nitrogens is 3. The predicted molar refractivity (Wildman–Crippen MR) is 142 cm³/mol. The maximum absolute atomic E-state index is 12.5. The van der Waals surface area contributed by atoms with E-state index in [2.05, 4.69) is 46.7 Å². The van der Waals surface area contributed by atoms with Gasteiger partial charge in [0.25, 0.3) is 5.91 Å². The lowest BCUT2D eigenvalue weighted by Crippen LogP contribution is -2.22. The Labute approximate surface area is 224 Å². The van der Waals surface area contributed by atoms with Crippen LogP contribution in [0.15, 0.2) is 56.3 Å². The molecule has 2 amide bonds. The van der Waals surface area contributed by atoms with Crippen molar-refractivity contribution < 1.29 is 19.4 Å². The Bertz CT molecular complexity index is 1600. The number of anilines is 3. The van der Waals surface area contributed by atoms with Crippen LogP contribution in [0.5, 0.6) is 11.6 Å². The van der Waals surface area contributed by atoms with Crippen LogP contribution >= 0.6 is 50.4 Å². The molecule has 4 aromatic rings. The molecule has 14 heteroatoms.